The quantitative estimate of drug-likeness (QED) is 0.313. The monoisotopic (exact) mass is 582 g/mol. The van der Waals surface area contributed by atoms with Crippen molar-refractivity contribution >= 4 is 37.8 Å². The largest absolute Gasteiger partial charge is 0.469 e. The van der Waals surface area contributed by atoms with Crippen LogP contribution in [0.2, 0.25) is 0 Å². The second-order valence-corrected chi connectivity index (χ2v) is 11.4. The molecule has 0 aromatic heterocycles. The number of amides is 1. The molecule has 4 unspecified atom stereocenters. The van der Waals surface area contributed by atoms with Crippen LogP contribution in [0, 0.1) is 5.92 Å². The van der Waals surface area contributed by atoms with Crippen LogP contribution in [0.25, 0.3) is 0 Å². The van der Waals surface area contributed by atoms with Gasteiger partial charge in [-0.25, -0.2) is 8.42 Å². The van der Waals surface area contributed by atoms with Crippen molar-refractivity contribution < 1.29 is 22.7 Å². The second-order valence-electron chi connectivity index (χ2n) is 8.61. The third kappa shape index (κ3) is 5.25. The Morgan fingerprint density at radius 3 is 2.08 bits per heavy atom. The number of hydrogen-bond donors (Lipinski definition) is 1. The van der Waals surface area contributed by atoms with Gasteiger partial charge in [0, 0.05) is 16.9 Å². The van der Waals surface area contributed by atoms with Gasteiger partial charge in [0.2, 0.25) is 15.9 Å². The zero-order chi connectivity index (χ0) is 26.6. The lowest BCUT2D eigenvalue weighted by Gasteiger charge is -2.30. The Hall–Kier alpha value is -3.27. The van der Waals surface area contributed by atoms with Gasteiger partial charge in [-0.1, -0.05) is 82.7 Å². The highest BCUT2D eigenvalue weighted by molar-refractivity contribution is 9.10. The molecule has 1 fully saturated rings. The van der Waals surface area contributed by atoms with E-state index >= 15 is 0 Å². The highest BCUT2D eigenvalue weighted by Gasteiger charge is 2.60. The lowest BCUT2D eigenvalue weighted by Crippen LogP contribution is -2.48. The lowest BCUT2D eigenvalue weighted by molar-refractivity contribution is -0.146. The smallest absolute Gasteiger partial charge is 0.311 e. The van der Waals surface area contributed by atoms with E-state index in [0.29, 0.717) is 15.6 Å². The van der Waals surface area contributed by atoms with E-state index in [2.05, 4.69) is 27.8 Å². The Kier molecular flexibility index (Phi) is 8.26. The van der Waals surface area contributed by atoms with Crippen LogP contribution in [-0.4, -0.2) is 44.3 Å². The fourth-order valence-corrected chi connectivity index (χ4v) is 7.01. The number of methoxy groups -OCH3 is 1. The van der Waals surface area contributed by atoms with Crippen molar-refractivity contribution in [3.8, 4) is 0 Å². The Labute approximate surface area is 225 Å². The van der Waals surface area contributed by atoms with Crippen LogP contribution in [-0.2, 0) is 24.3 Å². The number of hydrogen-bond acceptors (Lipinski definition) is 5. The van der Waals surface area contributed by atoms with E-state index in [9.17, 15) is 18.0 Å². The Morgan fingerprint density at radius 2 is 1.54 bits per heavy atom. The first-order chi connectivity index (χ1) is 17.8. The molecule has 7 nitrogen and oxygen atoms in total. The predicted octanol–water partition coefficient (Wildman–Crippen LogP) is 4.44. The minimum Gasteiger partial charge on any atom is -0.469 e. The molecule has 1 saturated heterocycles. The van der Waals surface area contributed by atoms with Gasteiger partial charge >= 0.3 is 5.97 Å². The van der Waals surface area contributed by atoms with Crippen LogP contribution in [0.1, 0.15) is 23.1 Å². The highest BCUT2D eigenvalue weighted by Crippen LogP contribution is 2.52. The van der Waals surface area contributed by atoms with E-state index in [-0.39, 0.29) is 11.4 Å². The van der Waals surface area contributed by atoms with E-state index in [1.54, 1.807) is 60.7 Å². The molecule has 0 bridgehead atoms. The van der Waals surface area contributed by atoms with Crippen molar-refractivity contribution in [1.82, 2.24) is 9.62 Å². The number of rotatable bonds is 8. The van der Waals surface area contributed by atoms with Crippen LogP contribution in [0.4, 0.5) is 0 Å². The maximum atomic E-state index is 14.3. The summed E-state index contributed by atoms with van der Waals surface area (Å²) in [7, 11) is -3.00. The van der Waals surface area contributed by atoms with Crippen molar-refractivity contribution in [2.75, 3.05) is 13.7 Å². The van der Waals surface area contributed by atoms with Gasteiger partial charge in [-0.05, 0) is 35.4 Å². The molecule has 192 valence electrons. The molecule has 1 amide bonds. The van der Waals surface area contributed by atoms with Gasteiger partial charge in [0.25, 0.3) is 0 Å². The number of sulfonamides is 1. The summed E-state index contributed by atoms with van der Waals surface area (Å²) in [5, 5.41) is 2.76. The number of benzene rings is 3. The molecule has 1 heterocycles. The molecule has 0 saturated carbocycles. The number of carbonyl (C=O) groups excluding carboxylic acids is 2. The Balaban J connectivity index is 2.02. The van der Waals surface area contributed by atoms with E-state index < -0.39 is 45.8 Å². The first-order valence-corrected chi connectivity index (χ1v) is 13.9. The number of nitrogens with zero attached hydrogens (tertiary/aromatic N) is 1. The summed E-state index contributed by atoms with van der Waals surface area (Å²) in [6, 6.07) is 21.9. The molecule has 4 atom stereocenters. The average molecular weight is 584 g/mol. The maximum Gasteiger partial charge on any atom is 0.311 e. The van der Waals surface area contributed by atoms with Crippen LogP contribution in [0.15, 0.2) is 107 Å². The fourth-order valence-electron chi connectivity index (χ4n) is 4.95. The van der Waals surface area contributed by atoms with Crippen molar-refractivity contribution in [2.45, 2.75) is 22.9 Å². The van der Waals surface area contributed by atoms with E-state index in [4.69, 9.17) is 4.74 Å². The molecule has 3 aromatic rings. The first-order valence-electron chi connectivity index (χ1n) is 11.7. The van der Waals surface area contributed by atoms with Gasteiger partial charge in [0.05, 0.1) is 24.0 Å². The minimum atomic E-state index is -4.27. The number of ether oxygens (including phenoxy) is 1. The van der Waals surface area contributed by atoms with E-state index in [1.807, 2.05) is 12.1 Å². The first kappa shape index (κ1) is 26.8. The normalized spacial score (nSPS) is 21.8. The van der Waals surface area contributed by atoms with E-state index in [1.165, 1.54) is 29.6 Å². The minimum absolute atomic E-state index is 0.00970. The van der Waals surface area contributed by atoms with E-state index in [0.717, 1.165) is 0 Å². The molecule has 0 radical (unpaired) electrons. The predicted molar refractivity (Wildman–Crippen MR) is 144 cm³/mol. The molecular weight excluding hydrogens is 556 g/mol. The molecule has 9 heteroatoms. The van der Waals surface area contributed by atoms with Crippen molar-refractivity contribution in [1.29, 1.82) is 0 Å². The van der Waals surface area contributed by atoms with Gasteiger partial charge in [0.1, 0.15) is 6.04 Å². The standard InChI is InChI=1S/C28H27BrN2O5S/c1-3-18-30-27(32)26-23(19-10-6-4-7-11-19)24(28(33)36-2)25(20-12-8-5-9-13-20)31(26)37(34,35)22-16-14-21(29)15-17-22/h3-17,23-26H,1,18H2,2H3,(H,30,32). The molecule has 37 heavy (non-hydrogen) atoms. The Morgan fingerprint density at radius 1 is 0.973 bits per heavy atom. The summed E-state index contributed by atoms with van der Waals surface area (Å²) in [6.07, 6.45) is 1.52. The summed E-state index contributed by atoms with van der Waals surface area (Å²) in [5.74, 6) is -2.92. The summed E-state index contributed by atoms with van der Waals surface area (Å²) in [4.78, 5) is 27.2. The fraction of sp³-hybridized carbons (Fsp3) is 0.214. The molecule has 3 aromatic carbocycles. The van der Waals surface area contributed by atoms with Crippen molar-refractivity contribution in [2.24, 2.45) is 5.92 Å². The number of carbonyl (C=O) groups is 2. The van der Waals surface area contributed by atoms with Gasteiger partial charge in [-0.2, -0.15) is 4.31 Å². The van der Waals surface area contributed by atoms with Crippen LogP contribution < -0.4 is 5.32 Å². The van der Waals surface area contributed by atoms with Gasteiger partial charge in [-0.15, -0.1) is 6.58 Å². The molecule has 1 N–H and O–H groups in total. The number of esters is 1. The summed E-state index contributed by atoms with van der Waals surface area (Å²) >= 11 is 3.34. The molecule has 1 aliphatic heterocycles. The zero-order valence-corrected chi connectivity index (χ0v) is 22.6. The van der Waals surface area contributed by atoms with Crippen molar-refractivity contribution in [3.05, 3.63) is 113 Å². The van der Waals surface area contributed by atoms with Gasteiger partial charge in [-0.3, -0.25) is 9.59 Å². The highest BCUT2D eigenvalue weighted by atomic mass is 79.9. The van der Waals surface area contributed by atoms with Gasteiger partial charge < -0.3 is 10.1 Å². The van der Waals surface area contributed by atoms with Gasteiger partial charge in [0.15, 0.2) is 0 Å². The van der Waals surface area contributed by atoms with Crippen LogP contribution >= 0.6 is 15.9 Å². The third-order valence-corrected chi connectivity index (χ3v) is 8.90. The third-order valence-electron chi connectivity index (χ3n) is 6.49. The Bertz CT molecular complexity index is 1360. The summed E-state index contributed by atoms with van der Waals surface area (Å²) in [6.45, 7) is 3.79. The zero-order valence-electron chi connectivity index (χ0n) is 20.2. The molecule has 1 aliphatic rings. The molecule has 0 spiro atoms. The maximum absolute atomic E-state index is 14.3. The second kappa shape index (κ2) is 11.4. The van der Waals surface area contributed by atoms with Crippen LogP contribution in [0.5, 0.6) is 0 Å². The summed E-state index contributed by atoms with van der Waals surface area (Å²) < 4.78 is 35.7. The van der Waals surface area contributed by atoms with Crippen LogP contribution in [0.3, 0.4) is 0 Å². The average Bonchev–Trinajstić information content (AvgIpc) is 3.29. The molecule has 4 rings (SSSR count). The van der Waals surface area contributed by atoms with Crippen molar-refractivity contribution in [3.63, 3.8) is 0 Å². The lowest BCUT2D eigenvalue weighted by atomic mass is 9.80. The molecular formula is C28H27BrN2O5S. The SMILES string of the molecule is C=CCNC(=O)C1C(c2ccccc2)C(C(=O)OC)C(c2ccccc2)N1S(=O)(=O)c1ccc(Br)cc1. The number of nitrogens with one attached hydrogen (secondary N) is 1. The molecule has 0 aliphatic carbocycles. The topological polar surface area (TPSA) is 92.8 Å². The summed E-state index contributed by atoms with van der Waals surface area (Å²) in [5.41, 5.74) is 1.24. The number of halogens is 1.